The van der Waals surface area contributed by atoms with Crippen LogP contribution in [0, 0.1) is 6.92 Å². The predicted molar refractivity (Wildman–Crippen MR) is 127 cm³/mol. The Balaban J connectivity index is 1.51. The Kier molecular flexibility index (Phi) is 7.02. The molecule has 0 atom stereocenters. The van der Waals surface area contributed by atoms with Crippen molar-refractivity contribution in [1.82, 2.24) is 24.9 Å². The first kappa shape index (κ1) is 23.0. The third-order valence-electron chi connectivity index (χ3n) is 6.04. The second-order valence-electron chi connectivity index (χ2n) is 8.57. The van der Waals surface area contributed by atoms with Crippen LogP contribution >= 0.6 is 22.9 Å². The van der Waals surface area contributed by atoms with Crippen molar-refractivity contribution in [3.63, 3.8) is 0 Å². The number of hydrogen-bond donors (Lipinski definition) is 1. The standard InChI is InChI=1S/C23H30ClN5O2S/c1-5-21-25-15(4)22(23(30)26-16-8-10-28(11-9-16)14(2)3)29(21)13-17-12-18(31-27-17)19-6-7-20(24)32-19/h6-7,12,14,16H,5,8-11,13H2,1-4H3,(H,26,30). The quantitative estimate of drug-likeness (QED) is 0.532. The minimum absolute atomic E-state index is 0.0635. The molecule has 0 spiro atoms. The van der Waals surface area contributed by atoms with Gasteiger partial charge in [-0.2, -0.15) is 0 Å². The van der Waals surface area contributed by atoms with E-state index in [1.54, 1.807) is 0 Å². The number of imidazole rings is 1. The molecule has 3 aromatic heterocycles. The van der Waals surface area contributed by atoms with E-state index in [1.165, 1.54) is 11.3 Å². The lowest BCUT2D eigenvalue weighted by Gasteiger charge is -2.34. The summed E-state index contributed by atoms with van der Waals surface area (Å²) in [7, 11) is 0. The summed E-state index contributed by atoms with van der Waals surface area (Å²) >= 11 is 7.49. The van der Waals surface area contributed by atoms with E-state index in [-0.39, 0.29) is 11.9 Å². The van der Waals surface area contributed by atoms with Crippen LogP contribution in [0.3, 0.4) is 0 Å². The maximum atomic E-state index is 13.3. The van der Waals surface area contributed by atoms with Crippen LogP contribution in [0.2, 0.25) is 4.34 Å². The SMILES string of the molecule is CCc1nc(C)c(C(=O)NC2CCN(C(C)C)CC2)n1Cc1cc(-c2ccc(Cl)s2)on1. The third kappa shape index (κ3) is 4.92. The molecule has 1 saturated heterocycles. The fourth-order valence-electron chi connectivity index (χ4n) is 4.28. The Morgan fingerprint density at radius 2 is 2.09 bits per heavy atom. The van der Waals surface area contributed by atoms with Gasteiger partial charge in [0.2, 0.25) is 0 Å². The highest BCUT2D eigenvalue weighted by molar-refractivity contribution is 7.19. The van der Waals surface area contributed by atoms with Gasteiger partial charge in [-0.3, -0.25) is 4.79 Å². The van der Waals surface area contributed by atoms with Crippen LogP contribution in [-0.2, 0) is 13.0 Å². The summed E-state index contributed by atoms with van der Waals surface area (Å²) in [6, 6.07) is 6.39. The van der Waals surface area contributed by atoms with Gasteiger partial charge in [0.05, 0.1) is 21.5 Å². The number of hydrogen-bond acceptors (Lipinski definition) is 6. The summed E-state index contributed by atoms with van der Waals surface area (Å²) in [5, 5.41) is 7.48. The molecule has 0 bridgehead atoms. The summed E-state index contributed by atoms with van der Waals surface area (Å²) < 4.78 is 8.20. The van der Waals surface area contributed by atoms with Crippen LogP contribution in [-0.4, -0.2) is 50.7 Å². The molecule has 4 heterocycles. The molecule has 0 saturated carbocycles. The van der Waals surface area contributed by atoms with Crippen LogP contribution in [0.25, 0.3) is 10.6 Å². The Hall–Kier alpha value is -2.16. The molecule has 0 aromatic carbocycles. The van der Waals surface area contributed by atoms with Crippen molar-refractivity contribution in [1.29, 1.82) is 0 Å². The van der Waals surface area contributed by atoms with Gasteiger partial charge in [-0.05, 0) is 45.7 Å². The smallest absolute Gasteiger partial charge is 0.270 e. The monoisotopic (exact) mass is 475 g/mol. The zero-order valence-electron chi connectivity index (χ0n) is 19.0. The predicted octanol–water partition coefficient (Wildman–Crippen LogP) is 4.77. The summed E-state index contributed by atoms with van der Waals surface area (Å²) in [6.07, 6.45) is 2.66. The van der Waals surface area contributed by atoms with E-state index in [2.05, 4.69) is 34.2 Å². The molecule has 0 radical (unpaired) electrons. The third-order valence-corrected chi connectivity index (χ3v) is 7.29. The number of amides is 1. The van der Waals surface area contributed by atoms with Crippen LogP contribution in [0.5, 0.6) is 0 Å². The number of carbonyl (C=O) groups excluding carboxylic acids is 1. The largest absolute Gasteiger partial charge is 0.355 e. The number of nitrogens with one attached hydrogen (secondary N) is 1. The maximum Gasteiger partial charge on any atom is 0.270 e. The van der Waals surface area contributed by atoms with Gasteiger partial charge in [0.15, 0.2) is 5.76 Å². The zero-order chi connectivity index (χ0) is 22.8. The molecule has 0 aliphatic carbocycles. The van der Waals surface area contributed by atoms with Crippen molar-refractivity contribution >= 4 is 28.8 Å². The first-order valence-electron chi connectivity index (χ1n) is 11.2. The number of piperidine rings is 1. The molecule has 32 heavy (non-hydrogen) atoms. The van der Waals surface area contributed by atoms with Crippen molar-refractivity contribution < 1.29 is 9.32 Å². The molecule has 0 unspecified atom stereocenters. The van der Waals surface area contributed by atoms with Crippen LogP contribution in [0.15, 0.2) is 22.7 Å². The number of likely N-dealkylation sites (tertiary alicyclic amines) is 1. The van der Waals surface area contributed by atoms with Crippen LogP contribution < -0.4 is 5.32 Å². The van der Waals surface area contributed by atoms with Gasteiger partial charge in [0.25, 0.3) is 5.91 Å². The number of halogens is 1. The van der Waals surface area contributed by atoms with E-state index in [0.717, 1.165) is 54.4 Å². The second-order valence-corrected chi connectivity index (χ2v) is 10.3. The normalized spacial score (nSPS) is 15.6. The lowest BCUT2D eigenvalue weighted by molar-refractivity contribution is 0.0890. The first-order valence-corrected chi connectivity index (χ1v) is 12.4. The lowest BCUT2D eigenvalue weighted by Crippen LogP contribution is -2.47. The van der Waals surface area contributed by atoms with E-state index in [1.807, 2.05) is 36.6 Å². The molecule has 1 fully saturated rings. The highest BCUT2D eigenvalue weighted by Crippen LogP contribution is 2.31. The Morgan fingerprint density at radius 1 is 1.34 bits per heavy atom. The van der Waals surface area contributed by atoms with Gasteiger partial charge < -0.3 is 19.3 Å². The summed E-state index contributed by atoms with van der Waals surface area (Å²) in [5.74, 6) is 1.48. The van der Waals surface area contributed by atoms with Gasteiger partial charge in [-0.25, -0.2) is 4.98 Å². The van der Waals surface area contributed by atoms with E-state index >= 15 is 0 Å². The molecule has 1 N–H and O–H groups in total. The number of aromatic nitrogens is 3. The number of nitrogens with zero attached hydrogens (tertiary/aromatic N) is 4. The highest BCUT2D eigenvalue weighted by atomic mass is 35.5. The maximum absolute atomic E-state index is 13.3. The van der Waals surface area contributed by atoms with Crippen molar-refractivity contribution in [3.8, 4) is 10.6 Å². The van der Waals surface area contributed by atoms with E-state index in [9.17, 15) is 4.79 Å². The van der Waals surface area contributed by atoms with Crippen molar-refractivity contribution in [2.75, 3.05) is 13.1 Å². The minimum Gasteiger partial charge on any atom is -0.355 e. The van der Waals surface area contributed by atoms with E-state index in [4.69, 9.17) is 16.1 Å². The molecule has 1 amide bonds. The fraction of sp³-hybridized carbons (Fsp3) is 0.522. The average molecular weight is 476 g/mol. The molecule has 7 nitrogen and oxygen atoms in total. The van der Waals surface area contributed by atoms with Gasteiger partial charge in [0.1, 0.15) is 17.2 Å². The Morgan fingerprint density at radius 3 is 2.72 bits per heavy atom. The summed E-state index contributed by atoms with van der Waals surface area (Å²) in [4.78, 5) is 21.3. The molecule has 1 aliphatic heterocycles. The lowest BCUT2D eigenvalue weighted by atomic mass is 10.0. The molecule has 172 valence electrons. The topological polar surface area (TPSA) is 76.2 Å². The summed E-state index contributed by atoms with van der Waals surface area (Å²) in [5.41, 5.74) is 2.10. The number of thiophene rings is 1. The Labute approximate surface area is 197 Å². The van der Waals surface area contributed by atoms with Crippen molar-refractivity contribution in [2.24, 2.45) is 0 Å². The Bertz CT molecular complexity index is 1080. The number of aryl methyl sites for hydroxylation is 2. The van der Waals surface area contributed by atoms with Gasteiger partial charge in [-0.15, -0.1) is 11.3 Å². The van der Waals surface area contributed by atoms with Gasteiger partial charge in [0, 0.05) is 37.7 Å². The van der Waals surface area contributed by atoms with Crippen LogP contribution in [0.4, 0.5) is 0 Å². The minimum atomic E-state index is -0.0635. The molecular formula is C23H30ClN5O2S. The number of carbonyl (C=O) groups is 1. The summed E-state index contributed by atoms with van der Waals surface area (Å²) in [6.45, 7) is 10.8. The molecule has 1 aliphatic rings. The number of rotatable bonds is 7. The average Bonchev–Trinajstić information content (AvgIpc) is 3.47. The van der Waals surface area contributed by atoms with Gasteiger partial charge >= 0.3 is 0 Å². The molecule has 4 rings (SSSR count). The highest BCUT2D eigenvalue weighted by Gasteiger charge is 2.26. The van der Waals surface area contributed by atoms with E-state index < -0.39 is 0 Å². The zero-order valence-corrected chi connectivity index (χ0v) is 20.6. The van der Waals surface area contributed by atoms with Gasteiger partial charge in [-0.1, -0.05) is 23.7 Å². The fourth-order valence-corrected chi connectivity index (χ4v) is 5.27. The van der Waals surface area contributed by atoms with Crippen molar-refractivity contribution in [2.45, 2.75) is 65.6 Å². The molecule has 3 aromatic rings. The van der Waals surface area contributed by atoms with E-state index in [0.29, 0.717) is 28.4 Å². The molecule has 9 heteroatoms. The van der Waals surface area contributed by atoms with Crippen LogP contribution in [0.1, 0.15) is 61.3 Å². The molecular weight excluding hydrogens is 446 g/mol. The van der Waals surface area contributed by atoms with Crippen molar-refractivity contribution in [3.05, 3.63) is 45.4 Å². The first-order chi connectivity index (χ1) is 15.4. The second kappa shape index (κ2) is 9.77.